The van der Waals surface area contributed by atoms with E-state index in [2.05, 4.69) is 26.5 Å². The summed E-state index contributed by atoms with van der Waals surface area (Å²) < 4.78 is 2.88. The van der Waals surface area contributed by atoms with E-state index in [0.29, 0.717) is 6.42 Å². The van der Waals surface area contributed by atoms with Crippen LogP contribution in [0.2, 0.25) is 0 Å². The van der Waals surface area contributed by atoms with Gasteiger partial charge in [0.2, 0.25) is 0 Å². The van der Waals surface area contributed by atoms with Gasteiger partial charge in [-0.25, -0.2) is 0 Å². The average molecular weight is 324 g/mol. The summed E-state index contributed by atoms with van der Waals surface area (Å²) in [4.78, 5) is 0. The Morgan fingerprint density at radius 2 is 2.11 bits per heavy atom. The van der Waals surface area contributed by atoms with E-state index in [9.17, 15) is 0 Å². The fourth-order valence-corrected chi connectivity index (χ4v) is 2.68. The van der Waals surface area contributed by atoms with Gasteiger partial charge >= 0.3 is 0 Å². The Balaban J connectivity index is 2.32. The van der Waals surface area contributed by atoms with Crippen LogP contribution in [-0.4, -0.2) is 9.78 Å². The van der Waals surface area contributed by atoms with E-state index in [1.807, 2.05) is 42.9 Å². The second kappa shape index (κ2) is 5.73. The third-order valence-corrected chi connectivity index (χ3v) is 4.26. The molecule has 0 radical (unpaired) electrons. The van der Waals surface area contributed by atoms with Gasteiger partial charge in [-0.15, -0.1) is 0 Å². The van der Waals surface area contributed by atoms with Crippen LogP contribution >= 0.6 is 15.9 Å². The highest BCUT2D eigenvalue weighted by Gasteiger charge is 2.18. The Hall–Kier alpha value is -1.37. The number of aromatic nitrogens is 2. The molecule has 0 aliphatic carbocycles. The lowest BCUT2D eigenvalue weighted by Gasteiger charge is -2.18. The summed E-state index contributed by atoms with van der Waals surface area (Å²) in [7, 11) is 1.93. The highest BCUT2D eigenvalue weighted by atomic mass is 79.9. The van der Waals surface area contributed by atoms with Crippen molar-refractivity contribution < 1.29 is 0 Å². The Morgan fingerprint density at radius 1 is 1.42 bits per heavy atom. The number of hydrazine groups is 1. The van der Waals surface area contributed by atoms with Gasteiger partial charge in [0.25, 0.3) is 0 Å². The Morgan fingerprint density at radius 3 is 2.63 bits per heavy atom. The summed E-state index contributed by atoms with van der Waals surface area (Å²) in [5, 5.41) is 4.38. The summed E-state index contributed by atoms with van der Waals surface area (Å²) >= 11 is 3.57. The van der Waals surface area contributed by atoms with E-state index in [0.717, 1.165) is 27.1 Å². The molecule has 1 unspecified atom stereocenters. The van der Waals surface area contributed by atoms with Crippen molar-refractivity contribution in [2.75, 3.05) is 5.73 Å². The number of aryl methyl sites for hydroxylation is 2. The van der Waals surface area contributed by atoms with Gasteiger partial charge in [-0.1, -0.05) is 18.2 Å². The molecule has 0 saturated heterocycles. The van der Waals surface area contributed by atoms with Crippen molar-refractivity contribution in [3.05, 3.63) is 45.7 Å². The first-order valence-electron chi connectivity index (χ1n) is 6.03. The van der Waals surface area contributed by atoms with E-state index in [1.165, 1.54) is 0 Å². The molecule has 102 valence electrons. The first-order valence-corrected chi connectivity index (χ1v) is 6.82. The van der Waals surface area contributed by atoms with Crippen molar-refractivity contribution in [1.82, 2.24) is 15.2 Å². The fourth-order valence-electron chi connectivity index (χ4n) is 2.18. The van der Waals surface area contributed by atoms with E-state index in [-0.39, 0.29) is 6.04 Å². The van der Waals surface area contributed by atoms with Crippen molar-refractivity contribution in [1.29, 1.82) is 0 Å². The van der Waals surface area contributed by atoms with Gasteiger partial charge < -0.3 is 5.73 Å². The molecular formula is C13H18BrN5. The number of nitrogens with two attached hydrogens (primary N) is 2. The maximum atomic E-state index is 6.00. The summed E-state index contributed by atoms with van der Waals surface area (Å²) in [5.74, 6) is 5.68. The van der Waals surface area contributed by atoms with Gasteiger partial charge in [-0.05, 0) is 34.5 Å². The Kier molecular flexibility index (Phi) is 4.24. The second-order valence-electron chi connectivity index (χ2n) is 4.52. The number of hydrogen-bond acceptors (Lipinski definition) is 4. The number of nitrogens with zero attached hydrogens (tertiary/aromatic N) is 2. The van der Waals surface area contributed by atoms with Crippen molar-refractivity contribution in [3.63, 3.8) is 0 Å². The molecule has 0 fully saturated rings. The Bertz CT molecular complexity index is 578. The van der Waals surface area contributed by atoms with Crippen LogP contribution in [0.3, 0.4) is 0 Å². The molecular weight excluding hydrogens is 306 g/mol. The van der Waals surface area contributed by atoms with Crippen molar-refractivity contribution in [2.45, 2.75) is 19.4 Å². The summed E-state index contributed by atoms with van der Waals surface area (Å²) in [6, 6.07) is 7.68. The molecule has 0 saturated carbocycles. The number of halogens is 1. The molecule has 0 spiro atoms. The number of hydrogen-bond donors (Lipinski definition) is 3. The number of rotatable bonds is 4. The third-order valence-electron chi connectivity index (χ3n) is 3.23. The SMILES string of the molecule is Cc1nn(C)c(CC(NN)c2ccccc2N)c1Br. The van der Waals surface area contributed by atoms with E-state index < -0.39 is 0 Å². The Labute approximate surface area is 121 Å². The van der Waals surface area contributed by atoms with Crippen LogP contribution < -0.4 is 17.0 Å². The first kappa shape index (κ1) is 14.0. The standard InChI is InChI=1S/C13H18BrN5/c1-8-13(14)12(19(2)18-8)7-11(17-16)9-5-3-4-6-10(9)15/h3-6,11,17H,7,15-16H2,1-2H3. The van der Waals surface area contributed by atoms with Crippen LogP contribution in [0.5, 0.6) is 0 Å². The minimum Gasteiger partial charge on any atom is -0.398 e. The summed E-state index contributed by atoms with van der Waals surface area (Å²) in [5.41, 5.74) is 12.6. The van der Waals surface area contributed by atoms with Gasteiger partial charge in [0.1, 0.15) is 0 Å². The quantitative estimate of drug-likeness (QED) is 0.455. The monoisotopic (exact) mass is 323 g/mol. The maximum Gasteiger partial charge on any atom is 0.0738 e. The topological polar surface area (TPSA) is 81.9 Å². The molecule has 1 aromatic carbocycles. The van der Waals surface area contributed by atoms with Crippen LogP contribution in [0, 0.1) is 6.92 Å². The van der Waals surface area contributed by atoms with Gasteiger partial charge in [0, 0.05) is 19.2 Å². The second-order valence-corrected chi connectivity index (χ2v) is 5.31. The molecule has 1 heterocycles. The van der Waals surface area contributed by atoms with Crippen molar-refractivity contribution >= 4 is 21.6 Å². The molecule has 5 N–H and O–H groups in total. The predicted octanol–water partition coefficient (Wildman–Crippen LogP) is 1.82. The van der Waals surface area contributed by atoms with Crippen molar-refractivity contribution in [2.24, 2.45) is 12.9 Å². The molecule has 1 aromatic heterocycles. The molecule has 0 aliphatic heterocycles. The third kappa shape index (κ3) is 2.80. The number of anilines is 1. The highest BCUT2D eigenvalue weighted by Crippen LogP contribution is 2.27. The molecule has 1 atom stereocenters. The van der Waals surface area contributed by atoms with Crippen LogP contribution in [0.25, 0.3) is 0 Å². The van der Waals surface area contributed by atoms with Crippen LogP contribution in [0.4, 0.5) is 5.69 Å². The van der Waals surface area contributed by atoms with Gasteiger partial charge in [-0.3, -0.25) is 16.0 Å². The summed E-state index contributed by atoms with van der Waals surface area (Å²) in [6.45, 7) is 1.97. The number of para-hydroxylation sites is 1. The lowest BCUT2D eigenvalue weighted by atomic mass is 10.0. The number of nitrogens with one attached hydrogen (secondary N) is 1. The van der Waals surface area contributed by atoms with Crippen LogP contribution in [0.1, 0.15) is 23.0 Å². The molecule has 5 nitrogen and oxygen atoms in total. The van der Waals surface area contributed by atoms with E-state index in [1.54, 1.807) is 0 Å². The normalized spacial score (nSPS) is 12.6. The average Bonchev–Trinajstić information content (AvgIpc) is 2.63. The number of benzene rings is 1. The zero-order valence-corrected chi connectivity index (χ0v) is 12.6. The molecule has 0 bridgehead atoms. The molecule has 19 heavy (non-hydrogen) atoms. The zero-order chi connectivity index (χ0) is 14.0. The van der Waals surface area contributed by atoms with Gasteiger partial charge in [0.05, 0.1) is 21.9 Å². The van der Waals surface area contributed by atoms with Crippen molar-refractivity contribution in [3.8, 4) is 0 Å². The highest BCUT2D eigenvalue weighted by molar-refractivity contribution is 9.10. The minimum absolute atomic E-state index is 0.0488. The zero-order valence-electron chi connectivity index (χ0n) is 11.0. The molecule has 6 heteroatoms. The summed E-state index contributed by atoms with van der Waals surface area (Å²) in [6.07, 6.45) is 0.711. The van der Waals surface area contributed by atoms with E-state index >= 15 is 0 Å². The molecule has 0 aliphatic rings. The lowest BCUT2D eigenvalue weighted by molar-refractivity contribution is 0.530. The van der Waals surface area contributed by atoms with E-state index in [4.69, 9.17) is 11.6 Å². The smallest absolute Gasteiger partial charge is 0.0738 e. The fraction of sp³-hybridized carbons (Fsp3) is 0.308. The molecule has 2 rings (SSSR count). The largest absolute Gasteiger partial charge is 0.398 e. The molecule has 0 amide bonds. The van der Waals surface area contributed by atoms with Crippen LogP contribution in [0.15, 0.2) is 28.7 Å². The maximum absolute atomic E-state index is 6.00. The number of nitrogen functional groups attached to an aromatic ring is 1. The predicted molar refractivity (Wildman–Crippen MR) is 80.3 cm³/mol. The van der Waals surface area contributed by atoms with Gasteiger partial charge in [-0.2, -0.15) is 5.10 Å². The molecule has 2 aromatic rings. The lowest BCUT2D eigenvalue weighted by Crippen LogP contribution is -2.30. The minimum atomic E-state index is -0.0488. The van der Waals surface area contributed by atoms with Gasteiger partial charge in [0.15, 0.2) is 0 Å². The first-order chi connectivity index (χ1) is 9.04. The van der Waals surface area contributed by atoms with Crippen LogP contribution in [-0.2, 0) is 13.5 Å².